The number of likely N-dealkylation sites (tertiary alicyclic amines) is 2. The summed E-state index contributed by atoms with van der Waals surface area (Å²) in [6, 6.07) is -1.51. The molecule has 2 aliphatic heterocycles. The van der Waals surface area contributed by atoms with Crippen LogP contribution >= 0.6 is 0 Å². The fraction of sp³-hybridized carbons (Fsp3) is 0.860. The van der Waals surface area contributed by atoms with Gasteiger partial charge in [-0.1, -0.05) is 75.2 Å². The van der Waals surface area contributed by atoms with Crippen LogP contribution in [0.3, 0.4) is 0 Å². The van der Waals surface area contributed by atoms with Crippen LogP contribution in [-0.4, -0.2) is 82.0 Å². The van der Waals surface area contributed by atoms with Crippen molar-refractivity contribution in [1.29, 1.82) is 0 Å². The Bertz CT molecular complexity index is 1440. The van der Waals surface area contributed by atoms with Gasteiger partial charge in [-0.15, -0.1) is 0 Å². The molecule has 2 heterocycles. The normalized spacial score (nSPS) is 28.2. The number of Topliss-reactive ketones (excluding diaryl/α,β-unsaturated/α-hetero) is 4. The third-order valence-corrected chi connectivity index (χ3v) is 14.6. The van der Waals surface area contributed by atoms with Crippen molar-refractivity contribution in [3.63, 3.8) is 0 Å². The zero-order chi connectivity index (χ0) is 38.8. The third kappa shape index (κ3) is 7.22. The Balaban J connectivity index is 1.40. The van der Waals surface area contributed by atoms with Crippen LogP contribution in [0.1, 0.15) is 153 Å². The summed E-state index contributed by atoms with van der Waals surface area (Å²) in [7, 11) is 0. The smallest absolute Gasteiger partial charge is 0.238 e. The number of nitrogens with one attached hydrogen (secondary N) is 1. The van der Waals surface area contributed by atoms with E-state index in [1.54, 1.807) is 4.90 Å². The second-order valence-electron chi connectivity index (χ2n) is 20.5. The minimum absolute atomic E-state index is 0.0349. The topological polar surface area (TPSA) is 121 Å². The number of ketones is 4. The number of fused-ring (bicyclic) bond motifs is 1. The first-order chi connectivity index (χ1) is 24.0. The number of hydrogen-bond acceptors (Lipinski definition) is 7. The average molecular weight is 724 g/mol. The van der Waals surface area contributed by atoms with E-state index in [4.69, 9.17) is 0 Å². The van der Waals surface area contributed by atoms with Crippen LogP contribution in [0.25, 0.3) is 0 Å². The summed E-state index contributed by atoms with van der Waals surface area (Å²) in [6.45, 7) is 23.7. The molecule has 292 valence electrons. The molecule has 2 spiro atoms. The van der Waals surface area contributed by atoms with Crippen LogP contribution in [0.15, 0.2) is 0 Å². The largest absolute Gasteiger partial charge is 0.344 e. The highest BCUT2D eigenvalue weighted by Crippen LogP contribution is 2.88. The summed E-state index contributed by atoms with van der Waals surface area (Å²) in [4.78, 5) is 87.7. The average Bonchev–Trinajstić information content (AvgIpc) is 3.80. The molecule has 9 nitrogen and oxygen atoms in total. The van der Waals surface area contributed by atoms with Gasteiger partial charge >= 0.3 is 0 Å². The van der Waals surface area contributed by atoms with Gasteiger partial charge in [-0.3, -0.25) is 33.7 Å². The Kier molecular flexibility index (Phi) is 11.2. The number of carbonyl (C=O) groups is 6. The SMILES string of the molecule is CCC[C@H](CC(=O)[C@@H]1C[C@@]2(CN1C(=O)[C@@H](CC(=O)[C@@H](NC(=O)[C@@H]1CCN1C(C)C)C(C)(C)C)C(C)(C)C)C(C)(C)C21CCC1)C(=O)C(=O)CC1CC1. The van der Waals surface area contributed by atoms with Crippen molar-refractivity contribution in [2.75, 3.05) is 13.1 Å². The van der Waals surface area contributed by atoms with Gasteiger partial charge in [0.15, 0.2) is 17.3 Å². The number of amides is 2. The molecule has 3 saturated carbocycles. The molecule has 3 aliphatic carbocycles. The molecule has 5 rings (SSSR count). The minimum atomic E-state index is -0.774. The lowest BCUT2D eigenvalue weighted by Gasteiger charge is -2.44. The lowest BCUT2D eigenvalue weighted by molar-refractivity contribution is -0.147. The first-order valence-corrected chi connectivity index (χ1v) is 20.5. The molecule has 52 heavy (non-hydrogen) atoms. The maximum Gasteiger partial charge on any atom is 0.238 e. The second-order valence-corrected chi connectivity index (χ2v) is 20.5. The summed E-state index contributed by atoms with van der Waals surface area (Å²) in [5.41, 5.74) is -1.32. The predicted molar refractivity (Wildman–Crippen MR) is 202 cm³/mol. The zero-order valence-electron chi connectivity index (χ0n) is 34.3. The zero-order valence-corrected chi connectivity index (χ0v) is 34.3. The van der Waals surface area contributed by atoms with Crippen LogP contribution in [0.4, 0.5) is 0 Å². The second kappa shape index (κ2) is 14.3. The molecule has 5 fully saturated rings. The molecule has 2 saturated heterocycles. The molecule has 6 atom stereocenters. The van der Waals surface area contributed by atoms with E-state index in [9.17, 15) is 24.0 Å². The Labute approximate surface area is 313 Å². The van der Waals surface area contributed by atoms with E-state index in [1.807, 2.05) is 48.5 Å². The fourth-order valence-corrected chi connectivity index (χ4v) is 10.7. The number of carbonyl (C=O) groups excluding carboxylic acids is 6. The summed E-state index contributed by atoms with van der Waals surface area (Å²) in [5, 5.41) is 3.10. The molecule has 0 unspecified atom stereocenters. The van der Waals surface area contributed by atoms with Gasteiger partial charge < -0.3 is 10.2 Å². The monoisotopic (exact) mass is 724 g/mol. The number of hydrogen-bond donors (Lipinski definition) is 1. The van der Waals surface area contributed by atoms with Gasteiger partial charge in [0.05, 0.1) is 18.1 Å². The standard InChI is InChI=1S/C43H69N3O6/c1-12-14-28(35(50)33(48)21-27-15-16-27)22-32(47)31-24-43(41(10,11)42(43)18-13-19-42)25-46(31)38(52)29(39(4,5)6)23-34(49)36(40(7,8)9)44-37(51)30-17-20-45(30)26(2)3/h26-31,36H,12-25H2,1-11H3,(H,44,51)/t28-,29-,30+,31+,36-,43-/m1/s1. The molecule has 2 amide bonds. The third-order valence-electron chi connectivity index (χ3n) is 14.6. The van der Waals surface area contributed by atoms with E-state index in [-0.39, 0.29) is 76.8 Å². The Hall–Kier alpha value is -2.42. The number of nitrogens with zero attached hydrogens (tertiary/aromatic N) is 2. The number of rotatable bonds is 16. The van der Waals surface area contributed by atoms with Crippen LogP contribution in [0, 0.1) is 44.8 Å². The van der Waals surface area contributed by atoms with Gasteiger partial charge in [0.25, 0.3) is 0 Å². The molecule has 1 N–H and O–H groups in total. The highest BCUT2D eigenvalue weighted by Gasteiger charge is 2.85. The Morgan fingerprint density at radius 2 is 1.48 bits per heavy atom. The van der Waals surface area contributed by atoms with Crippen molar-refractivity contribution in [2.24, 2.45) is 44.8 Å². The van der Waals surface area contributed by atoms with Gasteiger partial charge in [-0.05, 0) is 86.4 Å². The summed E-state index contributed by atoms with van der Waals surface area (Å²) in [6.07, 6.45) is 7.92. The molecule has 0 aromatic heterocycles. The van der Waals surface area contributed by atoms with Crippen LogP contribution in [0.5, 0.6) is 0 Å². The van der Waals surface area contributed by atoms with E-state index in [2.05, 4.69) is 37.9 Å². The van der Waals surface area contributed by atoms with E-state index in [0.717, 1.165) is 45.1 Å². The van der Waals surface area contributed by atoms with Crippen LogP contribution < -0.4 is 5.32 Å². The van der Waals surface area contributed by atoms with Gasteiger partial charge in [-0.25, -0.2) is 0 Å². The summed E-state index contributed by atoms with van der Waals surface area (Å²) < 4.78 is 0. The molecule has 0 radical (unpaired) electrons. The van der Waals surface area contributed by atoms with Gasteiger partial charge in [0.1, 0.15) is 0 Å². The maximum absolute atomic E-state index is 15.1. The predicted octanol–water partition coefficient (Wildman–Crippen LogP) is 6.73. The van der Waals surface area contributed by atoms with Crippen molar-refractivity contribution < 1.29 is 28.8 Å². The Morgan fingerprint density at radius 3 is 1.92 bits per heavy atom. The van der Waals surface area contributed by atoms with Gasteiger partial charge in [0, 0.05) is 55.6 Å². The van der Waals surface area contributed by atoms with Crippen molar-refractivity contribution in [2.45, 2.75) is 177 Å². The first kappa shape index (κ1) is 40.8. The molecule has 0 bridgehead atoms. The van der Waals surface area contributed by atoms with Gasteiger partial charge in [0.2, 0.25) is 17.6 Å². The highest BCUT2D eigenvalue weighted by atomic mass is 16.2. The van der Waals surface area contributed by atoms with E-state index in [1.165, 1.54) is 0 Å². The van der Waals surface area contributed by atoms with E-state index < -0.39 is 40.5 Å². The van der Waals surface area contributed by atoms with Crippen molar-refractivity contribution in [3.05, 3.63) is 0 Å². The Morgan fingerprint density at radius 1 is 0.846 bits per heavy atom. The van der Waals surface area contributed by atoms with Crippen molar-refractivity contribution in [1.82, 2.24) is 15.1 Å². The summed E-state index contributed by atoms with van der Waals surface area (Å²) in [5.74, 6) is -2.52. The van der Waals surface area contributed by atoms with Crippen LogP contribution in [0.2, 0.25) is 0 Å². The molecule has 0 aromatic rings. The molecule has 9 heteroatoms. The highest BCUT2D eigenvalue weighted by molar-refractivity contribution is 6.38. The first-order valence-electron chi connectivity index (χ1n) is 20.5. The quantitative estimate of drug-likeness (QED) is 0.175. The van der Waals surface area contributed by atoms with Gasteiger partial charge in [-0.2, -0.15) is 0 Å². The lowest BCUT2D eigenvalue weighted by atomic mass is 9.73. The summed E-state index contributed by atoms with van der Waals surface area (Å²) >= 11 is 0. The van der Waals surface area contributed by atoms with E-state index >= 15 is 4.79 Å². The van der Waals surface area contributed by atoms with Crippen LogP contribution in [-0.2, 0) is 28.8 Å². The van der Waals surface area contributed by atoms with Crippen molar-refractivity contribution in [3.8, 4) is 0 Å². The fourth-order valence-electron chi connectivity index (χ4n) is 10.7. The molecular formula is C43H69N3O6. The molecular weight excluding hydrogens is 654 g/mol. The van der Waals surface area contributed by atoms with E-state index in [0.29, 0.717) is 31.7 Å². The maximum atomic E-state index is 15.1. The minimum Gasteiger partial charge on any atom is -0.344 e. The lowest BCUT2D eigenvalue weighted by Crippen LogP contribution is -2.62. The van der Waals surface area contributed by atoms with Crippen molar-refractivity contribution >= 4 is 34.9 Å². The molecule has 0 aromatic carbocycles. The molecule has 5 aliphatic rings.